The molecule has 1 atom stereocenters. The molecule has 0 spiro atoms. The number of allylic oxidation sites excluding steroid dienone is 2. The lowest BCUT2D eigenvalue weighted by Crippen LogP contribution is -2.08. The summed E-state index contributed by atoms with van der Waals surface area (Å²) in [5.74, 6) is 0.907. The Morgan fingerprint density at radius 3 is 3.00 bits per heavy atom. The normalized spacial score (nSPS) is 20.5. The van der Waals surface area contributed by atoms with Crippen LogP contribution in [-0.4, -0.2) is 0 Å². The minimum Gasteiger partial charge on any atom is -0.192 e. The van der Waals surface area contributed by atoms with E-state index in [0.717, 1.165) is 17.9 Å². The van der Waals surface area contributed by atoms with E-state index in [1.165, 1.54) is 56.1 Å². The SMILES string of the molecule is CCCCCC1CCC2=C(Cc3cc(C#N)ccc32)C1. The predicted octanol–water partition coefficient (Wildman–Crippen LogP) is 5.25. The number of fused-ring (bicyclic) bond motifs is 2. The van der Waals surface area contributed by atoms with Gasteiger partial charge in [-0.15, -0.1) is 0 Å². The van der Waals surface area contributed by atoms with Gasteiger partial charge in [0.1, 0.15) is 0 Å². The summed E-state index contributed by atoms with van der Waals surface area (Å²) in [6.07, 6.45) is 10.5. The van der Waals surface area contributed by atoms with Crippen LogP contribution >= 0.6 is 0 Å². The van der Waals surface area contributed by atoms with E-state index < -0.39 is 0 Å². The van der Waals surface area contributed by atoms with Crippen LogP contribution in [0.1, 0.15) is 68.6 Å². The highest BCUT2D eigenvalue weighted by Crippen LogP contribution is 2.44. The Bertz CT molecular complexity index is 574. The van der Waals surface area contributed by atoms with Crippen LogP contribution in [0.4, 0.5) is 0 Å². The van der Waals surface area contributed by atoms with Crippen molar-refractivity contribution in [2.75, 3.05) is 0 Å². The summed E-state index contributed by atoms with van der Waals surface area (Å²) in [5, 5.41) is 9.03. The Labute approximate surface area is 122 Å². The first-order valence-corrected chi connectivity index (χ1v) is 8.06. The predicted molar refractivity (Wildman–Crippen MR) is 83.3 cm³/mol. The van der Waals surface area contributed by atoms with Crippen LogP contribution in [0, 0.1) is 17.2 Å². The van der Waals surface area contributed by atoms with E-state index in [1.807, 2.05) is 6.07 Å². The highest BCUT2D eigenvalue weighted by molar-refractivity contribution is 5.77. The number of hydrogen-bond acceptors (Lipinski definition) is 1. The maximum atomic E-state index is 9.03. The number of benzene rings is 1. The summed E-state index contributed by atoms with van der Waals surface area (Å²) in [7, 11) is 0. The van der Waals surface area contributed by atoms with Crippen LogP contribution < -0.4 is 0 Å². The molecule has 1 aromatic rings. The summed E-state index contributed by atoms with van der Waals surface area (Å²) in [4.78, 5) is 0. The molecule has 0 aliphatic heterocycles. The van der Waals surface area contributed by atoms with Crippen molar-refractivity contribution in [3.05, 3.63) is 40.5 Å². The van der Waals surface area contributed by atoms with Crippen molar-refractivity contribution in [1.82, 2.24) is 0 Å². The molecule has 20 heavy (non-hydrogen) atoms. The molecule has 1 unspecified atom stereocenters. The monoisotopic (exact) mass is 265 g/mol. The maximum Gasteiger partial charge on any atom is 0.0991 e. The molecule has 3 rings (SSSR count). The Kier molecular flexibility index (Phi) is 3.92. The lowest BCUT2D eigenvalue weighted by Gasteiger charge is -2.24. The van der Waals surface area contributed by atoms with Gasteiger partial charge in [0.05, 0.1) is 11.6 Å². The highest BCUT2D eigenvalue weighted by Gasteiger charge is 2.27. The van der Waals surface area contributed by atoms with Gasteiger partial charge < -0.3 is 0 Å². The fraction of sp³-hybridized carbons (Fsp3) is 0.526. The fourth-order valence-corrected chi connectivity index (χ4v) is 3.87. The third-order valence-corrected chi connectivity index (χ3v) is 4.94. The smallest absolute Gasteiger partial charge is 0.0991 e. The van der Waals surface area contributed by atoms with E-state index in [1.54, 1.807) is 11.1 Å². The van der Waals surface area contributed by atoms with Gasteiger partial charge in [-0.2, -0.15) is 5.26 Å². The first-order chi connectivity index (χ1) is 9.81. The van der Waals surface area contributed by atoms with Crippen molar-refractivity contribution >= 4 is 5.57 Å². The number of rotatable bonds is 4. The molecule has 0 bridgehead atoms. The molecule has 0 saturated carbocycles. The molecule has 0 radical (unpaired) electrons. The highest BCUT2D eigenvalue weighted by atomic mass is 14.3. The molecule has 0 aromatic heterocycles. The van der Waals surface area contributed by atoms with Crippen LogP contribution in [0.15, 0.2) is 23.8 Å². The van der Waals surface area contributed by atoms with E-state index in [2.05, 4.69) is 25.1 Å². The molecule has 0 N–H and O–H groups in total. The molecule has 0 heterocycles. The zero-order valence-corrected chi connectivity index (χ0v) is 12.4. The Morgan fingerprint density at radius 1 is 1.30 bits per heavy atom. The van der Waals surface area contributed by atoms with Gasteiger partial charge in [-0.25, -0.2) is 0 Å². The second kappa shape index (κ2) is 5.83. The summed E-state index contributed by atoms with van der Waals surface area (Å²) < 4.78 is 0. The van der Waals surface area contributed by atoms with Gasteiger partial charge in [-0.3, -0.25) is 0 Å². The molecule has 1 aromatic carbocycles. The first kappa shape index (κ1) is 13.4. The average molecular weight is 265 g/mol. The van der Waals surface area contributed by atoms with E-state index in [9.17, 15) is 0 Å². The fourth-order valence-electron chi connectivity index (χ4n) is 3.87. The van der Waals surface area contributed by atoms with Gasteiger partial charge in [-0.1, -0.05) is 44.2 Å². The third kappa shape index (κ3) is 2.52. The summed E-state index contributed by atoms with van der Waals surface area (Å²) in [6.45, 7) is 2.28. The van der Waals surface area contributed by atoms with Crippen molar-refractivity contribution in [1.29, 1.82) is 5.26 Å². The first-order valence-electron chi connectivity index (χ1n) is 8.06. The molecule has 1 heteroatoms. The lowest BCUT2D eigenvalue weighted by atomic mass is 9.81. The van der Waals surface area contributed by atoms with Gasteiger partial charge in [0.2, 0.25) is 0 Å². The summed E-state index contributed by atoms with van der Waals surface area (Å²) in [5.41, 5.74) is 6.91. The quantitative estimate of drug-likeness (QED) is 0.682. The van der Waals surface area contributed by atoms with Gasteiger partial charge in [0.25, 0.3) is 0 Å². The van der Waals surface area contributed by atoms with Crippen LogP contribution in [0.2, 0.25) is 0 Å². The topological polar surface area (TPSA) is 23.8 Å². The van der Waals surface area contributed by atoms with Crippen LogP contribution in [-0.2, 0) is 6.42 Å². The van der Waals surface area contributed by atoms with Crippen molar-refractivity contribution in [2.45, 2.75) is 58.3 Å². The van der Waals surface area contributed by atoms with Crippen LogP contribution in [0.25, 0.3) is 5.57 Å². The summed E-state index contributed by atoms with van der Waals surface area (Å²) >= 11 is 0. The molecule has 1 nitrogen and oxygen atoms in total. The second-order valence-electron chi connectivity index (χ2n) is 6.35. The minimum absolute atomic E-state index is 0.808. The second-order valence-corrected chi connectivity index (χ2v) is 6.35. The molecule has 0 fully saturated rings. The third-order valence-electron chi connectivity index (χ3n) is 4.94. The van der Waals surface area contributed by atoms with Crippen LogP contribution in [0.3, 0.4) is 0 Å². The van der Waals surface area contributed by atoms with E-state index in [0.29, 0.717) is 0 Å². The zero-order valence-electron chi connectivity index (χ0n) is 12.4. The molecule has 104 valence electrons. The number of hydrogen-bond donors (Lipinski definition) is 0. The van der Waals surface area contributed by atoms with Gasteiger partial charge in [-0.05, 0) is 60.4 Å². The van der Waals surface area contributed by atoms with Crippen molar-refractivity contribution in [3.8, 4) is 6.07 Å². The van der Waals surface area contributed by atoms with Crippen molar-refractivity contribution < 1.29 is 0 Å². The standard InChI is InChI=1S/C19H23N/c1-2-3-4-5-14-6-8-18-16(10-14)12-17-11-15(13-20)7-9-19(17)18/h7,9,11,14H,2-6,8,10,12H2,1H3. The summed E-state index contributed by atoms with van der Waals surface area (Å²) in [6, 6.07) is 8.51. The van der Waals surface area contributed by atoms with E-state index in [4.69, 9.17) is 5.26 Å². The number of unbranched alkanes of at least 4 members (excludes halogenated alkanes) is 2. The molecular formula is C19H23N. The Balaban J connectivity index is 1.71. The van der Waals surface area contributed by atoms with Gasteiger partial charge in [0, 0.05) is 0 Å². The number of nitriles is 1. The van der Waals surface area contributed by atoms with Gasteiger partial charge in [0.15, 0.2) is 0 Å². The van der Waals surface area contributed by atoms with E-state index in [-0.39, 0.29) is 0 Å². The Morgan fingerprint density at radius 2 is 2.20 bits per heavy atom. The largest absolute Gasteiger partial charge is 0.192 e. The van der Waals surface area contributed by atoms with Crippen LogP contribution in [0.5, 0.6) is 0 Å². The molecule has 0 amide bonds. The molecule has 2 aliphatic carbocycles. The van der Waals surface area contributed by atoms with Gasteiger partial charge >= 0.3 is 0 Å². The maximum absolute atomic E-state index is 9.03. The molecule has 2 aliphatic rings. The molecule has 0 saturated heterocycles. The molecular weight excluding hydrogens is 242 g/mol. The Hall–Kier alpha value is -1.55. The average Bonchev–Trinajstić information content (AvgIpc) is 2.84. The van der Waals surface area contributed by atoms with E-state index >= 15 is 0 Å². The van der Waals surface area contributed by atoms with Crippen molar-refractivity contribution in [2.24, 2.45) is 5.92 Å². The minimum atomic E-state index is 0.808. The van der Waals surface area contributed by atoms with Crippen molar-refractivity contribution in [3.63, 3.8) is 0 Å². The zero-order chi connectivity index (χ0) is 13.9. The lowest BCUT2D eigenvalue weighted by molar-refractivity contribution is 0.417. The number of nitrogens with zero attached hydrogens (tertiary/aromatic N) is 1.